The maximum Gasteiger partial charge on any atom is 0.212 e. The van der Waals surface area contributed by atoms with Crippen LogP contribution in [0.2, 0.25) is 5.02 Å². The number of nitrogens with one attached hydrogen (secondary N) is 1. The van der Waals surface area contributed by atoms with E-state index in [-0.39, 0.29) is 11.8 Å². The maximum absolute atomic E-state index is 12.1. The largest absolute Gasteiger partial charge is 0.265 e. The molecule has 1 heterocycles. The summed E-state index contributed by atoms with van der Waals surface area (Å²) in [6, 6.07) is 10.5. The zero-order chi connectivity index (χ0) is 15.3. The van der Waals surface area contributed by atoms with Crippen LogP contribution in [0.5, 0.6) is 0 Å². The second-order valence-corrected chi connectivity index (χ2v) is 7.13. The minimum Gasteiger partial charge on any atom is -0.265 e. The van der Waals surface area contributed by atoms with Gasteiger partial charge in [0, 0.05) is 23.5 Å². The van der Waals surface area contributed by atoms with Crippen LogP contribution in [0.25, 0.3) is 0 Å². The van der Waals surface area contributed by atoms with Gasteiger partial charge in [-0.3, -0.25) is 4.98 Å². The number of aromatic nitrogens is 1. The Kier molecular flexibility index (Phi) is 5.33. The Bertz CT molecular complexity index is 690. The first kappa shape index (κ1) is 15.9. The zero-order valence-corrected chi connectivity index (χ0v) is 13.2. The fourth-order valence-corrected chi connectivity index (χ4v) is 3.50. The molecule has 0 saturated heterocycles. The molecule has 0 saturated carbocycles. The summed E-state index contributed by atoms with van der Waals surface area (Å²) in [5.74, 6) is 0.0305. The molecule has 112 valence electrons. The average molecular weight is 325 g/mol. The summed E-state index contributed by atoms with van der Waals surface area (Å²) in [6.07, 6.45) is 3.72. The molecule has 1 aromatic heterocycles. The van der Waals surface area contributed by atoms with E-state index in [0.29, 0.717) is 11.4 Å². The highest BCUT2D eigenvalue weighted by atomic mass is 35.5. The van der Waals surface area contributed by atoms with E-state index in [4.69, 9.17) is 11.6 Å². The number of hydrogen-bond acceptors (Lipinski definition) is 3. The van der Waals surface area contributed by atoms with E-state index in [1.807, 2.05) is 19.1 Å². The zero-order valence-electron chi connectivity index (χ0n) is 11.7. The van der Waals surface area contributed by atoms with Crippen molar-refractivity contribution in [1.29, 1.82) is 0 Å². The molecule has 4 nitrogen and oxygen atoms in total. The van der Waals surface area contributed by atoms with Gasteiger partial charge in [0.25, 0.3) is 0 Å². The molecule has 0 aliphatic heterocycles. The minimum atomic E-state index is -3.35. The predicted molar refractivity (Wildman–Crippen MR) is 84.7 cm³/mol. The highest BCUT2D eigenvalue weighted by Gasteiger charge is 2.15. The molecule has 0 bridgehead atoms. The van der Waals surface area contributed by atoms with Crippen LogP contribution in [0.1, 0.15) is 24.1 Å². The Morgan fingerprint density at radius 2 is 1.95 bits per heavy atom. The molecule has 0 fully saturated rings. The van der Waals surface area contributed by atoms with Crippen LogP contribution in [0.4, 0.5) is 0 Å². The predicted octanol–water partition coefficient (Wildman–Crippen LogP) is 2.96. The minimum absolute atomic E-state index is 0.0305. The topological polar surface area (TPSA) is 59.1 Å². The average Bonchev–Trinajstić information content (AvgIpc) is 2.46. The number of nitrogens with zero attached hydrogens (tertiary/aromatic N) is 1. The van der Waals surface area contributed by atoms with E-state index in [2.05, 4.69) is 9.71 Å². The molecule has 0 spiro atoms. The van der Waals surface area contributed by atoms with Crippen LogP contribution in [0.15, 0.2) is 48.8 Å². The molecule has 21 heavy (non-hydrogen) atoms. The summed E-state index contributed by atoms with van der Waals surface area (Å²) in [5, 5.41) is 0.614. The first-order valence-corrected chi connectivity index (χ1v) is 8.64. The Labute approximate surface area is 130 Å². The lowest BCUT2D eigenvalue weighted by atomic mass is 10.1. The van der Waals surface area contributed by atoms with E-state index < -0.39 is 10.0 Å². The molecule has 0 aliphatic rings. The van der Waals surface area contributed by atoms with E-state index in [9.17, 15) is 8.42 Å². The van der Waals surface area contributed by atoms with Crippen LogP contribution in [-0.2, 0) is 16.4 Å². The summed E-state index contributed by atoms with van der Waals surface area (Å²) < 4.78 is 26.9. The third kappa shape index (κ3) is 5.12. The van der Waals surface area contributed by atoms with Gasteiger partial charge in [-0.1, -0.05) is 23.7 Å². The van der Waals surface area contributed by atoms with Crippen molar-refractivity contribution in [3.05, 3.63) is 64.9 Å². The van der Waals surface area contributed by atoms with Crippen LogP contribution < -0.4 is 4.72 Å². The highest BCUT2D eigenvalue weighted by molar-refractivity contribution is 7.89. The molecule has 6 heteroatoms. The summed E-state index contributed by atoms with van der Waals surface area (Å²) in [5.41, 5.74) is 1.79. The molecule has 2 aromatic rings. The summed E-state index contributed by atoms with van der Waals surface area (Å²) in [6.45, 7) is 1.81. The van der Waals surface area contributed by atoms with Crippen LogP contribution >= 0.6 is 11.6 Å². The van der Waals surface area contributed by atoms with E-state index in [1.165, 1.54) is 0 Å². The van der Waals surface area contributed by atoms with Crippen molar-refractivity contribution in [2.45, 2.75) is 19.4 Å². The second-order valence-electron chi connectivity index (χ2n) is 4.82. The van der Waals surface area contributed by atoms with Gasteiger partial charge >= 0.3 is 0 Å². The van der Waals surface area contributed by atoms with Crippen molar-refractivity contribution in [2.24, 2.45) is 0 Å². The van der Waals surface area contributed by atoms with E-state index in [1.54, 1.807) is 36.7 Å². The van der Waals surface area contributed by atoms with Crippen molar-refractivity contribution in [3.8, 4) is 0 Å². The van der Waals surface area contributed by atoms with Gasteiger partial charge in [0.1, 0.15) is 0 Å². The Hall–Kier alpha value is -1.43. The van der Waals surface area contributed by atoms with Crippen molar-refractivity contribution in [1.82, 2.24) is 9.71 Å². The quantitative estimate of drug-likeness (QED) is 0.888. The lowest BCUT2D eigenvalue weighted by Crippen LogP contribution is -2.29. The third-order valence-corrected chi connectivity index (χ3v) is 4.80. The van der Waals surface area contributed by atoms with Gasteiger partial charge in [-0.15, -0.1) is 0 Å². The van der Waals surface area contributed by atoms with Gasteiger partial charge in [-0.05, 0) is 48.7 Å². The summed E-state index contributed by atoms with van der Waals surface area (Å²) in [4.78, 5) is 3.92. The fourth-order valence-electron chi connectivity index (χ4n) is 1.99. The number of sulfonamides is 1. The Morgan fingerprint density at radius 3 is 2.62 bits per heavy atom. The third-order valence-electron chi connectivity index (χ3n) is 3.11. The van der Waals surface area contributed by atoms with Crippen LogP contribution in [0, 0.1) is 0 Å². The monoisotopic (exact) mass is 324 g/mol. The van der Waals surface area contributed by atoms with Crippen molar-refractivity contribution in [3.63, 3.8) is 0 Å². The molecule has 2 rings (SSSR count). The summed E-state index contributed by atoms with van der Waals surface area (Å²) >= 11 is 5.89. The second kappa shape index (κ2) is 7.02. The lowest BCUT2D eigenvalue weighted by molar-refractivity contribution is 0.566. The van der Waals surface area contributed by atoms with Crippen molar-refractivity contribution < 1.29 is 8.42 Å². The molecule has 1 aromatic carbocycles. The van der Waals surface area contributed by atoms with E-state index in [0.717, 1.165) is 11.1 Å². The van der Waals surface area contributed by atoms with Gasteiger partial charge in [0.15, 0.2) is 0 Å². The number of pyridine rings is 1. The summed E-state index contributed by atoms with van der Waals surface area (Å²) in [7, 11) is -3.35. The van der Waals surface area contributed by atoms with Crippen LogP contribution in [0.3, 0.4) is 0 Å². The van der Waals surface area contributed by atoms with Gasteiger partial charge in [-0.25, -0.2) is 13.1 Å². The SMILES string of the molecule is C[C@@H](NS(=O)(=O)CCc1cccc(Cl)c1)c1ccncc1. The molecule has 1 atom stereocenters. The smallest absolute Gasteiger partial charge is 0.212 e. The Balaban J connectivity index is 1.96. The van der Waals surface area contributed by atoms with Crippen LogP contribution in [-0.4, -0.2) is 19.2 Å². The van der Waals surface area contributed by atoms with Gasteiger partial charge in [0.2, 0.25) is 10.0 Å². The fraction of sp³-hybridized carbons (Fsp3) is 0.267. The molecular weight excluding hydrogens is 308 g/mol. The Morgan fingerprint density at radius 1 is 1.24 bits per heavy atom. The van der Waals surface area contributed by atoms with Gasteiger partial charge in [0.05, 0.1) is 5.75 Å². The molecule has 1 N–H and O–H groups in total. The molecule has 0 amide bonds. The standard InChI is InChI=1S/C15H17ClN2O2S/c1-12(14-5-8-17-9-6-14)18-21(19,20)10-7-13-3-2-4-15(16)11-13/h2-6,8-9,11-12,18H,7,10H2,1H3/t12-/m1/s1. The number of halogens is 1. The van der Waals surface area contributed by atoms with E-state index >= 15 is 0 Å². The van der Waals surface area contributed by atoms with Gasteiger partial charge in [-0.2, -0.15) is 0 Å². The number of benzene rings is 1. The highest BCUT2D eigenvalue weighted by Crippen LogP contribution is 2.14. The normalized spacial score (nSPS) is 13.0. The number of hydrogen-bond donors (Lipinski definition) is 1. The van der Waals surface area contributed by atoms with Crippen molar-refractivity contribution in [2.75, 3.05) is 5.75 Å². The molecular formula is C15H17ClN2O2S. The first-order valence-electron chi connectivity index (χ1n) is 6.61. The van der Waals surface area contributed by atoms with Gasteiger partial charge < -0.3 is 0 Å². The molecule has 0 radical (unpaired) electrons. The lowest BCUT2D eigenvalue weighted by Gasteiger charge is -2.14. The maximum atomic E-state index is 12.1. The number of aryl methyl sites for hydroxylation is 1. The molecule has 0 aliphatic carbocycles. The number of rotatable bonds is 6. The molecule has 0 unspecified atom stereocenters. The first-order chi connectivity index (χ1) is 9.96. The van der Waals surface area contributed by atoms with Crippen molar-refractivity contribution >= 4 is 21.6 Å².